The van der Waals surface area contributed by atoms with Crippen molar-refractivity contribution in [1.29, 1.82) is 0 Å². The largest absolute Gasteiger partial charge is 0.367 e. The molecule has 0 saturated carbocycles. The molecule has 0 bridgehead atoms. The summed E-state index contributed by atoms with van der Waals surface area (Å²) in [6.45, 7) is 10.5. The van der Waals surface area contributed by atoms with Crippen LogP contribution in [0.3, 0.4) is 0 Å². The maximum Gasteiger partial charge on any atom is 0.321 e. The third-order valence-electron chi connectivity index (χ3n) is 6.28. The Hall–Kier alpha value is -2.68. The minimum atomic E-state index is -1.67. The number of aromatic nitrogens is 2. The van der Waals surface area contributed by atoms with Gasteiger partial charge in [-0.2, -0.15) is 4.98 Å². The molecule has 4 rings (SSSR count). The molecule has 0 radical (unpaired) electrons. The average Bonchev–Trinajstić information content (AvgIpc) is 3.22. The smallest absolute Gasteiger partial charge is 0.321 e. The van der Waals surface area contributed by atoms with Crippen LogP contribution in [-0.2, 0) is 5.67 Å². The van der Waals surface area contributed by atoms with Gasteiger partial charge < -0.3 is 19.6 Å². The Morgan fingerprint density at radius 2 is 1.81 bits per heavy atom. The number of rotatable bonds is 4. The SMILES string of the molecule is Cc1noc(C2(F)CCN(C(=O)Nc3ccccc3N3CCN(C(C)C)CC3)CC2)n1. The minimum Gasteiger partial charge on any atom is -0.367 e. The van der Waals surface area contributed by atoms with E-state index >= 15 is 4.39 Å². The summed E-state index contributed by atoms with van der Waals surface area (Å²) in [6.07, 6.45) is 0.279. The number of likely N-dealkylation sites (tertiary alicyclic amines) is 1. The highest BCUT2D eigenvalue weighted by Crippen LogP contribution is 2.36. The lowest BCUT2D eigenvalue weighted by Gasteiger charge is -2.39. The first-order valence-electron chi connectivity index (χ1n) is 11.0. The molecule has 1 aromatic carbocycles. The molecule has 8 nitrogen and oxygen atoms in total. The van der Waals surface area contributed by atoms with E-state index in [1.165, 1.54) is 0 Å². The van der Waals surface area contributed by atoms with E-state index in [1.807, 2.05) is 24.3 Å². The summed E-state index contributed by atoms with van der Waals surface area (Å²) < 4.78 is 20.3. The zero-order valence-electron chi connectivity index (χ0n) is 18.5. The van der Waals surface area contributed by atoms with Gasteiger partial charge in [0, 0.05) is 58.2 Å². The molecule has 1 aromatic heterocycles. The minimum absolute atomic E-state index is 0.0101. The Morgan fingerprint density at radius 3 is 2.42 bits per heavy atom. The lowest BCUT2D eigenvalue weighted by atomic mass is 9.93. The van der Waals surface area contributed by atoms with Crippen molar-refractivity contribution < 1.29 is 13.7 Å². The molecule has 0 unspecified atom stereocenters. The number of carbonyl (C=O) groups excluding carboxylic acids is 1. The molecule has 31 heavy (non-hydrogen) atoms. The number of hydrogen-bond donors (Lipinski definition) is 1. The van der Waals surface area contributed by atoms with Gasteiger partial charge in [0.2, 0.25) is 0 Å². The number of para-hydroxylation sites is 2. The number of aryl methyl sites for hydroxylation is 1. The van der Waals surface area contributed by atoms with E-state index in [9.17, 15) is 4.79 Å². The Bertz CT molecular complexity index is 901. The predicted octanol–water partition coefficient (Wildman–Crippen LogP) is 3.40. The summed E-state index contributed by atoms with van der Waals surface area (Å²) in [7, 11) is 0. The molecular formula is C22H31FN6O2. The second-order valence-electron chi connectivity index (χ2n) is 8.66. The van der Waals surface area contributed by atoms with Crippen molar-refractivity contribution in [1.82, 2.24) is 19.9 Å². The summed E-state index contributed by atoms with van der Waals surface area (Å²) in [5.74, 6) is 0.425. The highest BCUT2D eigenvalue weighted by atomic mass is 19.1. The van der Waals surface area contributed by atoms with E-state index in [0.29, 0.717) is 25.0 Å². The van der Waals surface area contributed by atoms with Gasteiger partial charge in [0.15, 0.2) is 11.5 Å². The molecule has 2 fully saturated rings. The van der Waals surface area contributed by atoms with Crippen LogP contribution in [0, 0.1) is 6.92 Å². The highest BCUT2D eigenvalue weighted by Gasteiger charge is 2.42. The monoisotopic (exact) mass is 430 g/mol. The Morgan fingerprint density at radius 1 is 1.13 bits per heavy atom. The number of halogens is 1. The first-order valence-corrected chi connectivity index (χ1v) is 11.0. The fourth-order valence-electron chi connectivity index (χ4n) is 4.29. The predicted molar refractivity (Wildman–Crippen MR) is 117 cm³/mol. The maximum absolute atomic E-state index is 15.2. The third kappa shape index (κ3) is 4.66. The number of alkyl halides is 1. The third-order valence-corrected chi connectivity index (χ3v) is 6.28. The van der Waals surface area contributed by atoms with Gasteiger partial charge in [0.1, 0.15) is 0 Å². The molecule has 2 saturated heterocycles. The summed E-state index contributed by atoms with van der Waals surface area (Å²) in [5, 5.41) is 6.73. The Kier molecular flexibility index (Phi) is 6.13. The maximum atomic E-state index is 15.2. The van der Waals surface area contributed by atoms with Gasteiger partial charge in [-0.1, -0.05) is 17.3 Å². The number of benzene rings is 1. The van der Waals surface area contributed by atoms with E-state index < -0.39 is 5.67 Å². The lowest BCUT2D eigenvalue weighted by molar-refractivity contribution is 0.0411. The number of piperidine rings is 1. The van der Waals surface area contributed by atoms with Gasteiger partial charge in [-0.3, -0.25) is 4.90 Å². The number of nitrogens with zero attached hydrogens (tertiary/aromatic N) is 5. The molecule has 0 atom stereocenters. The van der Waals surface area contributed by atoms with Crippen molar-refractivity contribution in [2.24, 2.45) is 0 Å². The number of amides is 2. The summed E-state index contributed by atoms with van der Waals surface area (Å²) in [5.41, 5.74) is 0.138. The highest BCUT2D eigenvalue weighted by molar-refractivity contribution is 5.93. The van der Waals surface area contributed by atoms with Gasteiger partial charge in [0.05, 0.1) is 11.4 Å². The molecule has 2 amide bonds. The van der Waals surface area contributed by atoms with Crippen LogP contribution in [0.2, 0.25) is 0 Å². The van der Waals surface area contributed by atoms with Crippen molar-refractivity contribution in [2.75, 3.05) is 49.5 Å². The van der Waals surface area contributed by atoms with Crippen molar-refractivity contribution >= 4 is 17.4 Å². The fourth-order valence-corrected chi connectivity index (χ4v) is 4.29. The van der Waals surface area contributed by atoms with Crippen LogP contribution in [-0.4, -0.2) is 71.3 Å². The van der Waals surface area contributed by atoms with Crippen molar-refractivity contribution in [3.05, 3.63) is 36.0 Å². The van der Waals surface area contributed by atoms with Crippen LogP contribution in [0.4, 0.5) is 20.6 Å². The molecular weight excluding hydrogens is 399 g/mol. The molecule has 0 aliphatic carbocycles. The average molecular weight is 431 g/mol. The molecule has 1 N–H and O–H groups in total. The van der Waals surface area contributed by atoms with Gasteiger partial charge in [-0.05, 0) is 32.9 Å². The van der Waals surface area contributed by atoms with Crippen molar-refractivity contribution in [2.45, 2.75) is 45.3 Å². The Balaban J connectivity index is 1.38. The van der Waals surface area contributed by atoms with Crippen LogP contribution in [0.15, 0.2) is 28.8 Å². The number of anilines is 2. The van der Waals surface area contributed by atoms with Crippen molar-refractivity contribution in [3.8, 4) is 0 Å². The summed E-state index contributed by atoms with van der Waals surface area (Å²) in [6, 6.07) is 8.20. The topological polar surface area (TPSA) is 77.7 Å². The lowest BCUT2D eigenvalue weighted by Crippen LogP contribution is -2.49. The summed E-state index contributed by atoms with van der Waals surface area (Å²) in [4.78, 5) is 23.4. The second-order valence-corrected chi connectivity index (χ2v) is 8.66. The van der Waals surface area contributed by atoms with Gasteiger partial charge in [-0.25, -0.2) is 9.18 Å². The van der Waals surface area contributed by atoms with Crippen LogP contribution in [0.1, 0.15) is 38.4 Å². The van der Waals surface area contributed by atoms with Crippen LogP contribution >= 0.6 is 0 Å². The standard InChI is InChI=1S/C22H31FN6O2/c1-16(2)27-12-14-28(15-13-27)19-7-5-4-6-18(19)25-21(30)29-10-8-22(23,9-11-29)20-24-17(3)26-31-20/h4-7,16H,8-15H2,1-3H3,(H,25,30). The van der Waals surface area contributed by atoms with Crippen LogP contribution < -0.4 is 10.2 Å². The molecule has 9 heteroatoms. The van der Waals surface area contributed by atoms with Gasteiger partial charge in [-0.15, -0.1) is 0 Å². The van der Waals surface area contributed by atoms with Crippen LogP contribution in [0.5, 0.6) is 0 Å². The van der Waals surface area contributed by atoms with Crippen molar-refractivity contribution in [3.63, 3.8) is 0 Å². The number of nitrogens with one attached hydrogen (secondary N) is 1. The number of piperazine rings is 1. The van der Waals surface area contributed by atoms with E-state index in [-0.39, 0.29) is 24.8 Å². The number of carbonyl (C=O) groups is 1. The first kappa shape index (κ1) is 21.5. The van der Waals surface area contributed by atoms with E-state index in [0.717, 1.165) is 37.6 Å². The van der Waals surface area contributed by atoms with Gasteiger partial charge >= 0.3 is 6.03 Å². The zero-order valence-corrected chi connectivity index (χ0v) is 18.5. The Labute approximate surface area is 182 Å². The summed E-state index contributed by atoms with van der Waals surface area (Å²) >= 11 is 0. The molecule has 2 aromatic rings. The number of hydrogen-bond acceptors (Lipinski definition) is 6. The quantitative estimate of drug-likeness (QED) is 0.801. The molecule has 2 aliphatic heterocycles. The number of urea groups is 1. The van der Waals surface area contributed by atoms with E-state index in [4.69, 9.17) is 4.52 Å². The zero-order chi connectivity index (χ0) is 22.0. The molecule has 0 spiro atoms. The first-order chi connectivity index (χ1) is 14.9. The second kappa shape index (κ2) is 8.82. The van der Waals surface area contributed by atoms with E-state index in [2.05, 4.69) is 39.1 Å². The van der Waals surface area contributed by atoms with Gasteiger partial charge in [0.25, 0.3) is 5.89 Å². The van der Waals surface area contributed by atoms with Crippen LogP contribution in [0.25, 0.3) is 0 Å². The fraction of sp³-hybridized carbons (Fsp3) is 0.591. The molecule has 168 valence electrons. The van der Waals surface area contributed by atoms with E-state index in [1.54, 1.807) is 11.8 Å². The molecule has 3 heterocycles. The normalized spacial score (nSPS) is 19.6. The molecule has 2 aliphatic rings.